The topological polar surface area (TPSA) is 226 Å². The van der Waals surface area contributed by atoms with Crippen molar-refractivity contribution in [2.24, 2.45) is 23.7 Å². The highest BCUT2D eigenvalue weighted by atomic mass is 16.7. The second-order valence-corrected chi connectivity index (χ2v) is 18.9. The van der Waals surface area contributed by atoms with Crippen LogP contribution in [-0.4, -0.2) is 106 Å². The lowest BCUT2D eigenvalue weighted by atomic mass is 9.86. The number of rotatable bonds is 6. The molecule has 2 saturated heterocycles. The van der Waals surface area contributed by atoms with Crippen LogP contribution >= 0.6 is 0 Å². The van der Waals surface area contributed by atoms with Crippen LogP contribution < -0.4 is 30.9 Å². The molecular weight excluding hydrogens is 867 g/mol. The number of carbonyl (C=O) groups is 2. The number of esters is 1. The number of aromatic nitrogens is 1. The summed E-state index contributed by atoms with van der Waals surface area (Å²) in [6.07, 6.45) is 7.15. The van der Waals surface area contributed by atoms with Gasteiger partial charge in [0.2, 0.25) is 10.9 Å². The predicted molar refractivity (Wildman–Crippen MR) is 247 cm³/mol. The van der Waals surface area contributed by atoms with E-state index in [0.717, 1.165) is 6.54 Å². The molecule has 1 aliphatic carbocycles. The van der Waals surface area contributed by atoms with E-state index in [4.69, 9.17) is 37.8 Å². The lowest BCUT2D eigenvalue weighted by Gasteiger charge is -2.33. The van der Waals surface area contributed by atoms with Gasteiger partial charge in [-0.2, -0.15) is 0 Å². The van der Waals surface area contributed by atoms with Crippen LogP contribution in [0.1, 0.15) is 66.4 Å². The molecule has 0 radical (unpaired) electrons. The number of carbonyl (C=O) groups excluding carboxylic acids is 2. The van der Waals surface area contributed by atoms with E-state index in [1.165, 1.54) is 71.6 Å². The van der Waals surface area contributed by atoms with Crippen molar-refractivity contribution in [3.63, 3.8) is 0 Å². The number of hydrogen-bond acceptors (Lipinski definition) is 16. The molecule has 0 spiro atoms. The Morgan fingerprint density at radius 2 is 1.81 bits per heavy atom. The smallest absolute Gasteiger partial charge is 0.307 e. The number of hydrogen-bond donors (Lipinski definition) is 4. The molecule has 6 heterocycles. The summed E-state index contributed by atoms with van der Waals surface area (Å²) in [5, 5.41) is 37.7. The van der Waals surface area contributed by atoms with Crippen molar-refractivity contribution in [2.75, 3.05) is 32.1 Å². The molecule has 5 aliphatic heterocycles. The molecule has 6 aliphatic rings. The van der Waals surface area contributed by atoms with Crippen molar-refractivity contribution in [1.29, 1.82) is 0 Å². The fourth-order valence-electron chi connectivity index (χ4n) is 10.7. The van der Waals surface area contributed by atoms with E-state index in [1.54, 1.807) is 26.0 Å². The van der Waals surface area contributed by atoms with Crippen LogP contribution in [0.2, 0.25) is 0 Å². The zero-order chi connectivity index (χ0) is 47.8. The maximum absolute atomic E-state index is 14.8. The number of amides is 1. The average Bonchev–Trinajstić information content (AvgIpc) is 4.05. The number of likely N-dealkylation sites (tertiary alicyclic amines) is 1. The number of aliphatic hydroxyl groups is 2. The number of fused-ring (bicyclic) bond motifs is 11. The number of aromatic hydroxyl groups is 1. The molecule has 356 valence electrons. The highest BCUT2D eigenvalue weighted by Gasteiger charge is 2.50. The summed E-state index contributed by atoms with van der Waals surface area (Å²) in [7, 11) is 1.45. The van der Waals surface area contributed by atoms with Crippen molar-refractivity contribution in [3.8, 4) is 17.2 Å². The van der Waals surface area contributed by atoms with Gasteiger partial charge in [-0.3, -0.25) is 24.1 Å². The number of ether oxygens (including phenoxy) is 6. The van der Waals surface area contributed by atoms with Gasteiger partial charge in [-0.05, 0) is 45.1 Å². The fourth-order valence-corrected chi connectivity index (χ4v) is 10.7. The van der Waals surface area contributed by atoms with Gasteiger partial charge in [0.15, 0.2) is 22.4 Å². The summed E-state index contributed by atoms with van der Waals surface area (Å²) in [5.41, 5.74) is -2.11. The quantitative estimate of drug-likeness (QED) is 0.111. The van der Waals surface area contributed by atoms with Crippen molar-refractivity contribution in [3.05, 3.63) is 79.5 Å². The Kier molecular flexibility index (Phi) is 12.1. The number of piperidine rings is 1. The number of nitrogens with zero attached hydrogens (tertiary/aromatic N) is 2. The number of aliphatic hydroxyl groups excluding tert-OH is 2. The number of methoxy groups -OCH3 is 1. The summed E-state index contributed by atoms with van der Waals surface area (Å²) in [6.45, 7) is 13.3. The molecule has 17 nitrogen and oxygen atoms in total. The van der Waals surface area contributed by atoms with Gasteiger partial charge in [0, 0.05) is 86.5 Å². The second kappa shape index (κ2) is 17.6. The molecule has 3 fully saturated rings. The SMILES string of the molecule is CO[C@H]1/C=C/O[C@@]2(C)Oc3c(C)c(O)c4c(=O)c(c5oc6cc(OCCN7CC8CCC7C8)cc(=O)c6nc5c4c3=C2O)NC(=O)/C(C)=C\C=C\[C@H](C)[C@@H]2O[C@H]([C@H](O)[C@@H]2C)[C@H](OC(C)=O)[C@@H]1C. The molecule has 10 rings (SSSR count). The van der Waals surface area contributed by atoms with Gasteiger partial charge in [-0.1, -0.05) is 39.0 Å². The fraction of sp³-hybridized carbons (Fsp3) is 0.500. The third kappa shape index (κ3) is 7.98. The molecule has 2 unspecified atom stereocenters. The summed E-state index contributed by atoms with van der Waals surface area (Å²) in [6, 6.07) is 3.36. The van der Waals surface area contributed by atoms with Gasteiger partial charge >= 0.3 is 11.8 Å². The molecular formula is C50H57N3O14. The van der Waals surface area contributed by atoms with Crippen molar-refractivity contribution < 1.29 is 57.7 Å². The van der Waals surface area contributed by atoms with Gasteiger partial charge in [-0.15, -0.1) is 0 Å². The first-order chi connectivity index (χ1) is 31.9. The minimum absolute atomic E-state index is 0.0321. The van der Waals surface area contributed by atoms with Crippen molar-refractivity contribution in [1.82, 2.24) is 9.88 Å². The van der Waals surface area contributed by atoms with Crippen molar-refractivity contribution in [2.45, 2.75) is 110 Å². The van der Waals surface area contributed by atoms with E-state index < -0.39 is 82.4 Å². The number of phenols is 1. The molecule has 4 aromatic rings. The van der Waals surface area contributed by atoms with Gasteiger partial charge in [0.25, 0.3) is 5.91 Å². The van der Waals surface area contributed by atoms with Crippen LogP contribution in [0.4, 0.5) is 5.69 Å². The number of benzene rings is 3. The Morgan fingerprint density at radius 1 is 1.03 bits per heavy atom. The zero-order valence-electron chi connectivity index (χ0n) is 38.8. The third-order valence-electron chi connectivity index (χ3n) is 14.5. The van der Waals surface area contributed by atoms with Gasteiger partial charge in [0.1, 0.15) is 47.3 Å². The number of allylic oxidation sites excluding steroid dienone is 2. The van der Waals surface area contributed by atoms with E-state index in [1.807, 2.05) is 19.9 Å². The van der Waals surface area contributed by atoms with E-state index in [2.05, 4.69) is 10.2 Å². The molecule has 67 heavy (non-hydrogen) atoms. The maximum atomic E-state index is 14.8. The van der Waals surface area contributed by atoms with Crippen LogP contribution in [0, 0.1) is 30.6 Å². The summed E-state index contributed by atoms with van der Waals surface area (Å²) in [5.74, 6) is -4.73. The number of nitrogens with one attached hydrogen (secondary N) is 1. The van der Waals surface area contributed by atoms with E-state index in [-0.39, 0.29) is 72.4 Å². The van der Waals surface area contributed by atoms with E-state index in [9.17, 15) is 34.5 Å². The summed E-state index contributed by atoms with van der Waals surface area (Å²) in [4.78, 5) is 62.4. The van der Waals surface area contributed by atoms with Gasteiger partial charge in [-0.25, -0.2) is 4.98 Å². The average molecular weight is 924 g/mol. The van der Waals surface area contributed by atoms with Crippen LogP contribution in [-0.2, 0) is 28.5 Å². The predicted octanol–water partition coefficient (Wildman–Crippen LogP) is 5.19. The first-order valence-corrected chi connectivity index (χ1v) is 22.9. The Morgan fingerprint density at radius 3 is 2.51 bits per heavy atom. The van der Waals surface area contributed by atoms with Gasteiger partial charge < -0.3 is 53.5 Å². The molecule has 4 N–H and O–H groups in total. The lowest BCUT2D eigenvalue weighted by molar-refractivity contribution is -0.168. The normalized spacial score (nSPS) is 32.7. The van der Waals surface area contributed by atoms with E-state index >= 15 is 0 Å². The minimum atomic E-state index is -1.98. The maximum Gasteiger partial charge on any atom is 0.307 e. The van der Waals surface area contributed by atoms with Gasteiger partial charge in [0.05, 0.1) is 35.2 Å². The van der Waals surface area contributed by atoms with E-state index in [0.29, 0.717) is 25.1 Å². The Bertz CT molecular complexity index is 2960. The number of phenolic OH excluding ortho intramolecular Hbond substituents is 1. The first kappa shape index (κ1) is 46.1. The number of anilines is 1. The largest absolute Gasteiger partial charge is 0.507 e. The van der Waals surface area contributed by atoms with Crippen molar-refractivity contribution >= 4 is 56.3 Å². The van der Waals surface area contributed by atoms with Crippen LogP contribution in [0.5, 0.6) is 17.2 Å². The highest BCUT2D eigenvalue weighted by Crippen LogP contribution is 2.43. The van der Waals surface area contributed by atoms with Crippen LogP contribution in [0.25, 0.3) is 38.7 Å². The second-order valence-electron chi connectivity index (χ2n) is 18.9. The van der Waals surface area contributed by atoms with Crippen LogP contribution in [0.3, 0.4) is 0 Å². The summed E-state index contributed by atoms with van der Waals surface area (Å²) < 4.78 is 43.0. The Hall–Kier alpha value is -6.01. The minimum Gasteiger partial charge on any atom is -0.507 e. The van der Waals surface area contributed by atoms with Crippen LogP contribution in [0.15, 0.2) is 62.3 Å². The highest BCUT2D eigenvalue weighted by molar-refractivity contribution is 6.16. The standard InChI is InChI=1S/C50H57N3O14/c1-22-10-9-11-23(2)49(60)52-39-42(58)35-34(38-46(39)65-33-20-30(19-31(55)37(33)51-38)62-17-15-53-21-28-12-13-29(53)18-28)36-44(25(4)40(35)56)67-50(7,48(36)59)63-16-14-32(61-8)24(3)45(64-27(6)54)47-41(57)26(5)43(22)66-47/h9-11,14,16,19-20,22,24,26,28-29,32,41,43,45,47,56-57,59H,12-13,15,17-18,21H2,1-8H3,(H,52,60)/b10-9+,16-14+,23-11-/t22-,24+,26-,28?,29?,32-,41+,43-,45+,47+,50-/m0/s1. The molecule has 3 aromatic carbocycles. The molecule has 1 amide bonds. The molecule has 9 bridgehead atoms. The first-order valence-electron chi connectivity index (χ1n) is 22.9. The third-order valence-corrected chi connectivity index (χ3v) is 14.5. The molecule has 1 aromatic heterocycles. The molecule has 17 heteroatoms. The molecule has 11 atom stereocenters. The lowest BCUT2D eigenvalue weighted by Crippen LogP contribution is -2.46. The zero-order valence-corrected chi connectivity index (χ0v) is 38.8. The monoisotopic (exact) mass is 923 g/mol. The Labute approximate surface area is 385 Å². The summed E-state index contributed by atoms with van der Waals surface area (Å²) >= 11 is 0. The Balaban J connectivity index is 1.21. The molecule has 1 saturated carbocycles.